The molecule has 3 aliphatic rings. The Kier molecular flexibility index (Phi) is 26.7. The van der Waals surface area contributed by atoms with Crippen LogP contribution in [-0.4, -0.2) is 157 Å². The minimum absolute atomic E-state index is 0.0108. The topological polar surface area (TPSA) is 242 Å². The standard InChI is InChI=1S/C57H91NO16/c1-35(18-14-13-15-19-36(2)47(69-10)30-44-23-21-41(7)57(68,74-44)53(65)54(66)58-25-17-16-20-42(58)8)26-39(5)50(63)52(71-12)51(64)40(6)27-37(3)45(62)31-48(72-34-61)38(4)28-43-22-24-46(49(29-43)70-11)73-55(67)56(9,32-59)33-60/h13-15,18-19,27,34-35,37-39,41-44,46-49,51-52,59-60,64,68H,16-17,20-26,28-33H2,1-12H3/b15-13+,18-14+,36-19+,40-27-. The van der Waals surface area contributed by atoms with Gasteiger partial charge in [-0.15, -0.1) is 0 Å². The fourth-order valence-corrected chi connectivity index (χ4v) is 10.5. The molecule has 0 spiro atoms. The van der Waals surface area contributed by atoms with Gasteiger partial charge in [-0.25, -0.2) is 0 Å². The van der Waals surface area contributed by atoms with Crippen LogP contribution in [0.25, 0.3) is 0 Å². The Labute approximate surface area is 440 Å². The van der Waals surface area contributed by atoms with Crippen LogP contribution in [0, 0.1) is 40.9 Å². The number of ketones is 3. The Hall–Kier alpha value is -3.94. The number of ether oxygens (including phenoxy) is 6. The summed E-state index contributed by atoms with van der Waals surface area (Å²) in [5, 5.41) is 42.1. The molecule has 0 aromatic rings. The largest absolute Gasteiger partial charge is 0.464 e. The van der Waals surface area contributed by atoms with Gasteiger partial charge >= 0.3 is 5.97 Å². The molecule has 3 rings (SSSR count). The molecule has 1 aliphatic carbocycles. The highest BCUT2D eigenvalue weighted by molar-refractivity contribution is 6.38. The molecule has 2 heterocycles. The van der Waals surface area contributed by atoms with Crippen molar-refractivity contribution in [3.05, 3.63) is 47.6 Å². The number of Topliss-reactive ketones (excluding diaryl/α,β-unsaturated/α-hetero) is 3. The van der Waals surface area contributed by atoms with E-state index in [1.165, 1.54) is 21.1 Å². The highest BCUT2D eigenvalue weighted by Gasteiger charge is 2.52. The molecule has 420 valence electrons. The van der Waals surface area contributed by atoms with Crippen LogP contribution in [-0.2, 0) is 57.2 Å². The van der Waals surface area contributed by atoms with Crippen LogP contribution in [0.5, 0.6) is 0 Å². The molecule has 15 unspecified atom stereocenters. The van der Waals surface area contributed by atoms with E-state index in [1.54, 1.807) is 45.8 Å². The quantitative estimate of drug-likeness (QED) is 0.0201. The summed E-state index contributed by atoms with van der Waals surface area (Å²) >= 11 is 0. The first-order chi connectivity index (χ1) is 34.9. The molecule has 1 amide bonds. The zero-order valence-electron chi connectivity index (χ0n) is 46.4. The summed E-state index contributed by atoms with van der Waals surface area (Å²) in [6, 6.07) is -0.0697. The van der Waals surface area contributed by atoms with E-state index < -0.39 is 96.5 Å². The number of hydrogen-bond donors (Lipinski definition) is 4. The maximum Gasteiger partial charge on any atom is 0.316 e. The minimum Gasteiger partial charge on any atom is -0.464 e. The molecule has 1 saturated carbocycles. The van der Waals surface area contributed by atoms with Crippen molar-refractivity contribution < 1.29 is 77.6 Å². The third kappa shape index (κ3) is 17.8. The third-order valence-corrected chi connectivity index (χ3v) is 15.9. The van der Waals surface area contributed by atoms with E-state index in [-0.39, 0.29) is 47.9 Å². The number of esters is 1. The van der Waals surface area contributed by atoms with Gasteiger partial charge in [0.1, 0.15) is 35.6 Å². The molecule has 0 aromatic carbocycles. The van der Waals surface area contributed by atoms with Gasteiger partial charge in [0.05, 0.1) is 31.5 Å². The predicted molar refractivity (Wildman–Crippen MR) is 278 cm³/mol. The summed E-state index contributed by atoms with van der Waals surface area (Å²) in [5.41, 5.74) is -0.133. The van der Waals surface area contributed by atoms with Gasteiger partial charge in [0.25, 0.3) is 18.2 Å². The zero-order valence-corrected chi connectivity index (χ0v) is 46.4. The monoisotopic (exact) mass is 1050 g/mol. The first kappa shape index (κ1) is 64.3. The predicted octanol–water partition coefficient (Wildman–Crippen LogP) is 6.36. The second-order valence-electron chi connectivity index (χ2n) is 22.0. The first-order valence-corrected chi connectivity index (χ1v) is 26.8. The van der Waals surface area contributed by atoms with Crippen molar-refractivity contribution in [3.8, 4) is 0 Å². The van der Waals surface area contributed by atoms with Crippen LogP contribution < -0.4 is 0 Å². The molecule has 0 radical (unpaired) electrons. The highest BCUT2D eigenvalue weighted by atomic mass is 16.6. The molecule has 74 heavy (non-hydrogen) atoms. The molecule has 2 aliphatic heterocycles. The van der Waals surface area contributed by atoms with Crippen LogP contribution in [0.4, 0.5) is 0 Å². The Balaban J connectivity index is 1.52. The van der Waals surface area contributed by atoms with Crippen molar-refractivity contribution in [3.63, 3.8) is 0 Å². The zero-order chi connectivity index (χ0) is 55.5. The van der Waals surface area contributed by atoms with Crippen molar-refractivity contribution in [2.24, 2.45) is 40.9 Å². The van der Waals surface area contributed by atoms with Crippen LogP contribution in [0.2, 0.25) is 0 Å². The number of methoxy groups -OCH3 is 3. The van der Waals surface area contributed by atoms with Crippen molar-refractivity contribution in [1.29, 1.82) is 0 Å². The third-order valence-electron chi connectivity index (χ3n) is 15.9. The number of nitrogens with zero attached hydrogens (tertiary/aromatic N) is 1. The van der Waals surface area contributed by atoms with Gasteiger partial charge in [0.2, 0.25) is 5.79 Å². The Morgan fingerprint density at radius 3 is 2.16 bits per heavy atom. The van der Waals surface area contributed by atoms with E-state index in [2.05, 4.69) is 0 Å². The molecule has 3 fully saturated rings. The van der Waals surface area contributed by atoms with E-state index in [0.29, 0.717) is 70.0 Å². The lowest BCUT2D eigenvalue weighted by Gasteiger charge is -2.42. The summed E-state index contributed by atoms with van der Waals surface area (Å²) in [7, 11) is 4.48. The Bertz CT molecular complexity index is 1960. The number of piperidine rings is 1. The molecule has 15 atom stereocenters. The van der Waals surface area contributed by atoms with Crippen LogP contribution in [0.15, 0.2) is 47.6 Å². The lowest BCUT2D eigenvalue weighted by molar-refractivity contribution is -0.265. The fraction of sp³-hybridized carbons (Fsp3) is 0.754. The van der Waals surface area contributed by atoms with Gasteiger partial charge in [0.15, 0.2) is 5.78 Å². The number of likely N-dealkylation sites (tertiary alicyclic amines) is 1. The van der Waals surface area contributed by atoms with Crippen molar-refractivity contribution in [2.75, 3.05) is 41.1 Å². The number of allylic oxidation sites excluding steroid dienone is 6. The van der Waals surface area contributed by atoms with E-state index in [0.717, 1.165) is 24.8 Å². The smallest absolute Gasteiger partial charge is 0.316 e. The number of hydrogen-bond acceptors (Lipinski definition) is 16. The Morgan fingerprint density at radius 1 is 0.865 bits per heavy atom. The average molecular weight is 1050 g/mol. The number of aliphatic hydroxyl groups is 4. The number of rotatable bonds is 30. The lowest BCUT2D eigenvalue weighted by atomic mass is 9.78. The molecular formula is C57H91NO16. The lowest BCUT2D eigenvalue weighted by Crippen LogP contribution is -2.59. The summed E-state index contributed by atoms with van der Waals surface area (Å²) < 4.78 is 34.2. The van der Waals surface area contributed by atoms with Crippen molar-refractivity contribution in [2.45, 2.75) is 194 Å². The highest BCUT2D eigenvalue weighted by Crippen LogP contribution is 2.38. The van der Waals surface area contributed by atoms with Gasteiger partial charge < -0.3 is 53.7 Å². The number of aliphatic hydroxyl groups excluding tert-OH is 3. The van der Waals surface area contributed by atoms with Crippen molar-refractivity contribution in [1.82, 2.24) is 4.90 Å². The number of carbonyl (C=O) groups is 6. The first-order valence-electron chi connectivity index (χ1n) is 26.8. The number of carbonyl (C=O) groups excluding carboxylic acids is 6. The van der Waals surface area contributed by atoms with Crippen LogP contribution >= 0.6 is 0 Å². The second kappa shape index (κ2) is 30.7. The Morgan fingerprint density at radius 2 is 1.55 bits per heavy atom. The molecule has 4 N–H and O–H groups in total. The SMILES string of the molecule is COC(CC1CCC(C)C(O)(C(=O)C(=O)N2CCCCC2C)O1)/C(C)=C/C=C/C=C/C(C)CC(C)C(=O)C(OC)C(O)/C(C)=C\C(C)C(=O)CC(OC=O)C(C)CC1CCC(OC(=O)C(C)(CO)CO)C(OC)C1. The molecular weight excluding hydrogens is 955 g/mol. The second-order valence-corrected chi connectivity index (χ2v) is 22.0. The van der Waals surface area contributed by atoms with Gasteiger partial charge in [-0.05, 0) is 121 Å². The molecule has 17 heteroatoms. The maximum absolute atomic E-state index is 13.7. The van der Waals surface area contributed by atoms with Crippen molar-refractivity contribution >= 4 is 35.7 Å². The van der Waals surface area contributed by atoms with Gasteiger partial charge in [0, 0.05) is 64.5 Å². The maximum atomic E-state index is 13.7. The van der Waals surface area contributed by atoms with E-state index in [4.69, 9.17) is 28.4 Å². The van der Waals surface area contributed by atoms with Gasteiger partial charge in [-0.1, -0.05) is 71.1 Å². The fourth-order valence-electron chi connectivity index (χ4n) is 10.5. The van der Waals surface area contributed by atoms with Crippen LogP contribution in [0.3, 0.4) is 0 Å². The van der Waals surface area contributed by atoms with Gasteiger partial charge in [-0.3, -0.25) is 28.8 Å². The normalized spacial score (nSPS) is 27.6. The van der Waals surface area contributed by atoms with Gasteiger partial charge in [-0.2, -0.15) is 0 Å². The van der Waals surface area contributed by atoms with Crippen LogP contribution in [0.1, 0.15) is 139 Å². The molecule has 17 nitrogen and oxygen atoms in total. The van der Waals surface area contributed by atoms with E-state index >= 15 is 0 Å². The van der Waals surface area contributed by atoms with E-state index in [9.17, 15) is 49.2 Å². The average Bonchev–Trinajstić information content (AvgIpc) is 3.38. The van der Waals surface area contributed by atoms with E-state index in [1.807, 2.05) is 58.1 Å². The summed E-state index contributed by atoms with van der Waals surface area (Å²) in [5.74, 6) is -6.78. The molecule has 2 saturated heterocycles. The summed E-state index contributed by atoms with van der Waals surface area (Å²) in [6.07, 6.45) is 13.0. The number of amides is 1. The molecule has 0 aromatic heterocycles. The summed E-state index contributed by atoms with van der Waals surface area (Å²) in [6.45, 7) is 15.7. The summed E-state index contributed by atoms with van der Waals surface area (Å²) in [4.78, 5) is 79.8. The minimum atomic E-state index is -2.20. The molecule has 0 bridgehead atoms.